The van der Waals surface area contributed by atoms with Gasteiger partial charge < -0.3 is 5.11 Å². The van der Waals surface area contributed by atoms with Gasteiger partial charge in [-0.25, -0.2) is 0 Å². The molecule has 0 bridgehead atoms. The van der Waals surface area contributed by atoms with Crippen LogP contribution in [0.3, 0.4) is 0 Å². The molecule has 0 aliphatic rings. The highest BCUT2D eigenvalue weighted by Gasteiger charge is 2.18. The van der Waals surface area contributed by atoms with E-state index in [9.17, 15) is 5.11 Å². The smallest absolute Gasteiger partial charge is 0.114 e. The summed E-state index contributed by atoms with van der Waals surface area (Å²) in [6, 6.07) is 10.3. The maximum atomic E-state index is 10.5. The summed E-state index contributed by atoms with van der Waals surface area (Å²) in [6.45, 7) is 8.63. The predicted molar refractivity (Wildman–Crippen MR) is 86.0 cm³/mol. The Balaban J connectivity index is 2.30. The Hall–Kier alpha value is -0.640. The molecule has 19 heavy (non-hydrogen) atoms. The highest BCUT2D eigenvalue weighted by Crippen LogP contribution is 2.36. The average molecular weight is 339 g/mol. The summed E-state index contributed by atoms with van der Waals surface area (Å²) >= 11 is 5.14. The minimum absolute atomic E-state index is 0.142. The molecule has 0 amide bonds. The molecular formula is C16H19BrOS. The zero-order valence-electron chi connectivity index (χ0n) is 11.7. The third-order valence-electron chi connectivity index (χ3n) is 3.18. The van der Waals surface area contributed by atoms with E-state index in [1.54, 1.807) is 11.3 Å². The second kappa shape index (κ2) is 5.39. The van der Waals surface area contributed by atoms with Gasteiger partial charge in [-0.3, -0.25) is 0 Å². The van der Waals surface area contributed by atoms with Gasteiger partial charge in [-0.15, -0.1) is 11.3 Å². The molecule has 0 saturated heterocycles. The van der Waals surface area contributed by atoms with Crippen LogP contribution in [-0.4, -0.2) is 5.11 Å². The molecule has 0 radical (unpaired) electrons. The lowest BCUT2D eigenvalue weighted by atomic mass is 9.86. The van der Waals surface area contributed by atoms with Crippen molar-refractivity contribution in [2.75, 3.05) is 0 Å². The lowest BCUT2D eigenvalue weighted by molar-refractivity contribution is 0.223. The van der Waals surface area contributed by atoms with Crippen LogP contribution in [0, 0.1) is 6.92 Å². The van der Waals surface area contributed by atoms with E-state index < -0.39 is 6.10 Å². The van der Waals surface area contributed by atoms with E-state index in [2.05, 4.69) is 48.8 Å². The topological polar surface area (TPSA) is 20.2 Å². The summed E-state index contributed by atoms with van der Waals surface area (Å²) in [6.07, 6.45) is -0.554. The van der Waals surface area contributed by atoms with Crippen LogP contribution in [0.25, 0.3) is 0 Å². The molecule has 0 aliphatic heterocycles. The highest BCUT2D eigenvalue weighted by atomic mass is 79.9. The third kappa shape index (κ3) is 3.28. The fourth-order valence-corrected chi connectivity index (χ4v) is 3.89. The van der Waals surface area contributed by atoms with Gasteiger partial charge in [0.15, 0.2) is 0 Å². The third-order valence-corrected chi connectivity index (χ3v) is 5.20. The summed E-state index contributed by atoms with van der Waals surface area (Å²) in [5, 5.41) is 10.5. The van der Waals surface area contributed by atoms with E-state index in [-0.39, 0.29) is 5.41 Å². The zero-order chi connectivity index (χ0) is 14.2. The molecule has 2 aromatic rings. The van der Waals surface area contributed by atoms with Crippen molar-refractivity contribution < 1.29 is 5.11 Å². The van der Waals surface area contributed by atoms with Crippen LogP contribution in [0.1, 0.15) is 47.8 Å². The van der Waals surface area contributed by atoms with E-state index in [0.717, 1.165) is 14.9 Å². The Morgan fingerprint density at radius 2 is 1.74 bits per heavy atom. The molecule has 3 heteroatoms. The summed E-state index contributed by atoms with van der Waals surface area (Å²) in [4.78, 5) is 2.17. The quantitative estimate of drug-likeness (QED) is 0.797. The van der Waals surface area contributed by atoms with Crippen LogP contribution >= 0.6 is 27.3 Å². The predicted octanol–water partition coefficient (Wildman–Crippen LogP) is 5.20. The fourth-order valence-electron chi connectivity index (χ4n) is 2.00. The van der Waals surface area contributed by atoms with Gasteiger partial charge in [0.05, 0.1) is 4.88 Å². The summed E-state index contributed by atoms with van der Waals surface area (Å²) in [5.74, 6) is 0. The van der Waals surface area contributed by atoms with Gasteiger partial charge in [-0.1, -0.05) is 45.0 Å². The maximum absolute atomic E-state index is 10.5. The van der Waals surface area contributed by atoms with E-state index in [0.29, 0.717) is 0 Å². The Morgan fingerprint density at radius 1 is 1.16 bits per heavy atom. The lowest BCUT2D eigenvalue weighted by Gasteiger charge is -2.20. The van der Waals surface area contributed by atoms with Crippen molar-refractivity contribution in [3.8, 4) is 0 Å². The van der Waals surface area contributed by atoms with E-state index in [1.807, 2.05) is 25.1 Å². The number of rotatable bonds is 2. The molecule has 1 N–H and O–H groups in total. The molecule has 0 saturated carbocycles. The largest absolute Gasteiger partial charge is 0.383 e. The molecular weight excluding hydrogens is 320 g/mol. The normalized spacial score (nSPS) is 13.6. The number of aryl methyl sites for hydroxylation is 1. The van der Waals surface area contributed by atoms with Crippen LogP contribution in [0.5, 0.6) is 0 Å². The molecule has 102 valence electrons. The second-order valence-corrected chi connectivity index (χ2v) is 7.99. The Kier molecular flexibility index (Phi) is 4.19. The molecule has 1 heterocycles. The first-order valence-corrected chi connectivity index (χ1v) is 7.94. The first-order chi connectivity index (χ1) is 8.79. The molecule has 1 atom stereocenters. The van der Waals surface area contributed by atoms with Gasteiger partial charge in [-0.2, -0.15) is 0 Å². The lowest BCUT2D eigenvalue weighted by Crippen LogP contribution is -2.11. The fraction of sp³-hybridized carbons (Fsp3) is 0.375. The number of benzene rings is 1. The van der Waals surface area contributed by atoms with Crippen LogP contribution < -0.4 is 0 Å². The number of hydrogen-bond donors (Lipinski definition) is 1. The minimum atomic E-state index is -0.554. The molecule has 0 aliphatic carbocycles. The standard InChI is InChI=1S/C16H19BrOS/c1-10-9-13(17)15(19-10)14(18)11-5-7-12(8-6-11)16(2,3)4/h5-9,14,18H,1-4H3. The van der Waals surface area contributed by atoms with Gasteiger partial charge in [0.1, 0.15) is 6.10 Å². The molecule has 1 aromatic heterocycles. The van der Waals surface area contributed by atoms with Crippen LogP contribution in [0.15, 0.2) is 34.8 Å². The van der Waals surface area contributed by atoms with E-state index in [1.165, 1.54) is 10.4 Å². The zero-order valence-corrected chi connectivity index (χ0v) is 14.1. The highest BCUT2D eigenvalue weighted by molar-refractivity contribution is 9.10. The number of thiophene rings is 1. The Bertz CT molecular complexity index is 563. The van der Waals surface area contributed by atoms with Crippen molar-refractivity contribution in [1.29, 1.82) is 0 Å². The van der Waals surface area contributed by atoms with Gasteiger partial charge in [0.2, 0.25) is 0 Å². The van der Waals surface area contributed by atoms with Crippen molar-refractivity contribution in [3.05, 3.63) is 55.7 Å². The van der Waals surface area contributed by atoms with Gasteiger partial charge in [0, 0.05) is 9.35 Å². The average Bonchev–Trinajstić information content (AvgIpc) is 2.66. The summed E-state index contributed by atoms with van der Waals surface area (Å²) in [7, 11) is 0. The first kappa shape index (κ1) is 14.8. The minimum Gasteiger partial charge on any atom is -0.383 e. The van der Waals surface area contributed by atoms with Gasteiger partial charge in [0.25, 0.3) is 0 Å². The molecule has 1 aromatic carbocycles. The molecule has 0 fully saturated rings. The van der Waals surface area contributed by atoms with Crippen molar-refractivity contribution in [1.82, 2.24) is 0 Å². The van der Waals surface area contributed by atoms with Crippen LogP contribution in [0.4, 0.5) is 0 Å². The first-order valence-electron chi connectivity index (χ1n) is 6.33. The SMILES string of the molecule is Cc1cc(Br)c(C(O)c2ccc(C(C)(C)C)cc2)s1. The van der Waals surface area contributed by atoms with Crippen molar-refractivity contribution in [2.45, 2.75) is 39.2 Å². The molecule has 0 spiro atoms. The van der Waals surface area contributed by atoms with Crippen molar-refractivity contribution >= 4 is 27.3 Å². The Morgan fingerprint density at radius 3 is 2.16 bits per heavy atom. The number of aliphatic hydroxyl groups is 1. The van der Waals surface area contributed by atoms with Crippen LogP contribution in [-0.2, 0) is 5.41 Å². The monoisotopic (exact) mass is 338 g/mol. The van der Waals surface area contributed by atoms with Crippen molar-refractivity contribution in [3.63, 3.8) is 0 Å². The summed E-state index contributed by atoms with van der Waals surface area (Å²) in [5.41, 5.74) is 2.37. The molecule has 1 nitrogen and oxygen atoms in total. The second-order valence-electron chi connectivity index (χ2n) is 5.84. The number of halogens is 1. The molecule has 1 unspecified atom stereocenters. The van der Waals surface area contributed by atoms with Crippen molar-refractivity contribution in [2.24, 2.45) is 0 Å². The number of hydrogen-bond acceptors (Lipinski definition) is 2. The van der Waals surface area contributed by atoms with E-state index >= 15 is 0 Å². The molecule has 2 rings (SSSR count). The van der Waals surface area contributed by atoms with E-state index in [4.69, 9.17) is 0 Å². The Labute approximate surface area is 127 Å². The summed E-state index contributed by atoms with van der Waals surface area (Å²) < 4.78 is 0.988. The van der Waals surface area contributed by atoms with Gasteiger partial charge >= 0.3 is 0 Å². The van der Waals surface area contributed by atoms with Gasteiger partial charge in [-0.05, 0) is 45.5 Å². The van der Waals surface area contributed by atoms with Crippen LogP contribution in [0.2, 0.25) is 0 Å². The number of aliphatic hydroxyl groups excluding tert-OH is 1. The maximum Gasteiger partial charge on any atom is 0.114 e.